The van der Waals surface area contributed by atoms with Crippen LogP contribution in [-0.2, 0) is 5.41 Å². The Morgan fingerprint density at radius 3 is 1.52 bits per heavy atom. The van der Waals surface area contributed by atoms with Crippen molar-refractivity contribution >= 4 is 11.8 Å². The summed E-state index contributed by atoms with van der Waals surface area (Å²) in [7, 11) is 0. The molecule has 0 fully saturated rings. The molecule has 3 heteroatoms. The van der Waals surface area contributed by atoms with E-state index in [1.54, 1.807) is 0 Å². The minimum atomic E-state index is -0.477. The summed E-state index contributed by atoms with van der Waals surface area (Å²) < 4.78 is 0. The molecule has 0 N–H and O–H groups in total. The maximum Gasteiger partial charge on any atom is 0.160 e. The van der Waals surface area contributed by atoms with Crippen LogP contribution >= 0.6 is 11.8 Å². The Hall–Kier alpha value is -6.03. The van der Waals surface area contributed by atoms with Crippen LogP contribution in [0.3, 0.4) is 0 Å². The Bertz CT molecular complexity index is 2350. The fraction of sp³-hybridized carbons (Fsp3) is 0.0213. The minimum Gasteiger partial charge on any atom is -0.228 e. The van der Waals surface area contributed by atoms with E-state index in [1.165, 1.54) is 37.6 Å². The van der Waals surface area contributed by atoms with Crippen molar-refractivity contribution < 1.29 is 0 Å². The minimum absolute atomic E-state index is 0.477. The number of rotatable bonds is 6. The summed E-state index contributed by atoms with van der Waals surface area (Å²) in [6.45, 7) is 0. The summed E-state index contributed by atoms with van der Waals surface area (Å²) in [6, 6.07) is 69.3. The number of fused-ring (bicyclic) bond motifs is 2. The van der Waals surface area contributed by atoms with Gasteiger partial charge in [0.05, 0.1) is 16.8 Å². The highest BCUT2D eigenvalue weighted by Crippen LogP contribution is 2.56. The summed E-state index contributed by atoms with van der Waals surface area (Å²) in [5.74, 6) is 0.715. The normalized spacial score (nSPS) is 12.9. The van der Waals surface area contributed by atoms with Crippen molar-refractivity contribution in [1.82, 2.24) is 9.97 Å². The van der Waals surface area contributed by atoms with E-state index in [0.717, 1.165) is 33.6 Å². The summed E-state index contributed by atoms with van der Waals surface area (Å²) >= 11 is 1.86. The third-order valence-corrected chi connectivity index (χ3v) is 10.8. The second kappa shape index (κ2) is 12.8. The lowest BCUT2D eigenvalue weighted by Crippen LogP contribution is -2.34. The van der Waals surface area contributed by atoms with Gasteiger partial charge in [-0.15, -0.1) is 0 Å². The van der Waals surface area contributed by atoms with Gasteiger partial charge in [0.1, 0.15) is 0 Å². The third kappa shape index (κ3) is 5.24. The molecule has 50 heavy (non-hydrogen) atoms. The van der Waals surface area contributed by atoms with Crippen molar-refractivity contribution in [1.29, 1.82) is 0 Å². The quantitative estimate of drug-likeness (QED) is 0.178. The molecule has 2 nitrogen and oxygen atoms in total. The zero-order chi connectivity index (χ0) is 33.3. The van der Waals surface area contributed by atoms with E-state index in [-0.39, 0.29) is 0 Å². The van der Waals surface area contributed by atoms with E-state index in [9.17, 15) is 0 Å². The highest BCUT2D eigenvalue weighted by Gasteiger charge is 2.44. The molecule has 1 aromatic heterocycles. The summed E-state index contributed by atoms with van der Waals surface area (Å²) in [6.07, 6.45) is 0. The van der Waals surface area contributed by atoms with Crippen molar-refractivity contribution in [3.8, 4) is 45.0 Å². The average Bonchev–Trinajstić information content (AvgIpc) is 3.21. The van der Waals surface area contributed by atoms with Gasteiger partial charge in [-0.05, 0) is 63.7 Å². The highest BCUT2D eigenvalue weighted by molar-refractivity contribution is 7.99. The predicted octanol–water partition coefficient (Wildman–Crippen LogP) is 12.0. The van der Waals surface area contributed by atoms with Crippen LogP contribution < -0.4 is 0 Å². The highest BCUT2D eigenvalue weighted by atomic mass is 32.2. The van der Waals surface area contributed by atoms with Crippen molar-refractivity contribution in [2.24, 2.45) is 0 Å². The van der Waals surface area contributed by atoms with Crippen LogP contribution in [0.2, 0.25) is 0 Å². The number of hydrogen-bond donors (Lipinski definition) is 0. The second-order valence-electron chi connectivity index (χ2n) is 12.6. The van der Waals surface area contributed by atoms with E-state index in [2.05, 4.69) is 170 Å². The van der Waals surface area contributed by atoms with E-state index in [1.807, 2.05) is 36.0 Å². The zero-order valence-corrected chi connectivity index (χ0v) is 28.1. The molecule has 0 saturated heterocycles. The first-order valence-electron chi connectivity index (χ1n) is 16.9. The molecule has 1 aliphatic rings. The van der Waals surface area contributed by atoms with Crippen LogP contribution in [0.4, 0.5) is 0 Å². The first-order valence-corrected chi connectivity index (χ1v) is 17.7. The van der Waals surface area contributed by atoms with Crippen LogP contribution in [0, 0.1) is 0 Å². The summed E-state index contributed by atoms with van der Waals surface area (Å²) in [4.78, 5) is 12.7. The molecule has 0 unspecified atom stereocenters. The van der Waals surface area contributed by atoms with Crippen molar-refractivity contribution in [3.63, 3.8) is 0 Å². The van der Waals surface area contributed by atoms with Crippen LogP contribution in [-0.4, -0.2) is 9.97 Å². The Morgan fingerprint density at radius 1 is 0.340 bits per heavy atom. The number of benzene rings is 7. The lowest BCUT2D eigenvalue weighted by molar-refractivity contribution is 0.703. The number of hydrogen-bond acceptors (Lipinski definition) is 3. The largest absolute Gasteiger partial charge is 0.228 e. The summed E-state index contributed by atoms with van der Waals surface area (Å²) in [5.41, 5.74) is 11.9. The topological polar surface area (TPSA) is 25.8 Å². The van der Waals surface area contributed by atoms with Gasteiger partial charge in [-0.1, -0.05) is 176 Å². The van der Waals surface area contributed by atoms with Gasteiger partial charge in [-0.2, -0.15) is 0 Å². The monoisotopic (exact) mass is 656 g/mol. The lowest BCUT2D eigenvalue weighted by atomic mass is 9.64. The van der Waals surface area contributed by atoms with Crippen LogP contribution in [0.15, 0.2) is 204 Å². The van der Waals surface area contributed by atoms with Crippen LogP contribution in [0.1, 0.15) is 22.3 Å². The van der Waals surface area contributed by atoms with Gasteiger partial charge >= 0.3 is 0 Å². The van der Waals surface area contributed by atoms with Gasteiger partial charge < -0.3 is 0 Å². The van der Waals surface area contributed by atoms with E-state index in [4.69, 9.17) is 9.97 Å². The summed E-state index contributed by atoms with van der Waals surface area (Å²) in [5, 5.41) is 0. The lowest BCUT2D eigenvalue weighted by Gasteiger charge is -2.42. The molecule has 0 atom stereocenters. The fourth-order valence-corrected chi connectivity index (χ4v) is 8.48. The Balaban J connectivity index is 1.22. The molecule has 236 valence electrons. The molecule has 0 aliphatic carbocycles. The molecule has 0 bridgehead atoms. The van der Waals surface area contributed by atoms with Crippen LogP contribution in [0.5, 0.6) is 0 Å². The van der Waals surface area contributed by atoms with Crippen molar-refractivity contribution in [3.05, 3.63) is 216 Å². The zero-order valence-electron chi connectivity index (χ0n) is 27.3. The van der Waals surface area contributed by atoms with Gasteiger partial charge in [0.25, 0.3) is 0 Å². The molecular formula is C47H32N2S. The van der Waals surface area contributed by atoms with Gasteiger partial charge in [0.15, 0.2) is 5.82 Å². The van der Waals surface area contributed by atoms with Gasteiger partial charge in [-0.3, -0.25) is 0 Å². The maximum absolute atomic E-state index is 5.12. The van der Waals surface area contributed by atoms with Gasteiger partial charge in [-0.25, -0.2) is 9.97 Å². The Kier molecular flexibility index (Phi) is 7.68. The molecule has 1 aliphatic heterocycles. The first-order chi connectivity index (χ1) is 24.8. The fourth-order valence-electron chi connectivity index (χ4n) is 7.31. The Labute approximate surface area is 297 Å². The van der Waals surface area contributed by atoms with Gasteiger partial charge in [0, 0.05) is 26.5 Å². The molecular weight excluding hydrogens is 625 g/mol. The Morgan fingerprint density at radius 2 is 0.840 bits per heavy atom. The van der Waals surface area contributed by atoms with Crippen LogP contribution in [0.25, 0.3) is 45.0 Å². The molecule has 8 aromatic rings. The molecule has 7 aromatic carbocycles. The predicted molar refractivity (Wildman–Crippen MR) is 206 cm³/mol. The standard InChI is InChI=1S/C47H32N2S/c1-5-16-33(17-6-1)42-32-43(49-46(48-42)34-18-7-2-8-19-34)37-21-15-20-35(30-37)36-28-29-45-41(31-36)47(38-22-9-3-10-23-38,39-24-11-4-12-25-39)40-26-13-14-27-44(40)50-45/h1-32H. The average molecular weight is 657 g/mol. The molecule has 2 heterocycles. The molecule has 0 spiro atoms. The van der Waals surface area contributed by atoms with E-state index < -0.39 is 5.41 Å². The van der Waals surface area contributed by atoms with Crippen molar-refractivity contribution in [2.75, 3.05) is 0 Å². The van der Waals surface area contributed by atoms with Gasteiger partial charge in [0.2, 0.25) is 0 Å². The third-order valence-electron chi connectivity index (χ3n) is 9.63. The van der Waals surface area contributed by atoms with E-state index >= 15 is 0 Å². The molecule has 0 saturated carbocycles. The number of aromatic nitrogens is 2. The second-order valence-corrected chi connectivity index (χ2v) is 13.6. The molecule has 0 radical (unpaired) electrons. The number of nitrogens with zero attached hydrogens (tertiary/aromatic N) is 2. The smallest absolute Gasteiger partial charge is 0.160 e. The van der Waals surface area contributed by atoms with E-state index in [0.29, 0.717) is 5.82 Å². The molecule has 9 rings (SSSR count). The maximum atomic E-state index is 5.12. The molecule has 0 amide bonds. The SMILES string of the molecule is c1ccc(-c2cc(-c3cccc(-c4ccc5c(c4)C(c4ccccc4)(c4ccccc4)c4ccccc4S5)c3)nc(-c3ccccc3)n2)cc1. The van der Waals surface area contributed by atoms with Crippen molar-refractivity contribution in [2.45, 2.75) is 15.2 Å². The first kappa shape index (κ1) is 30.1.